The van der Waals surface area contributed by atoms with Crippen LogP contribution in [0.25, 0.3) is 0 Å². The molecule has 2 atom stereocenters. The summed E-state index contributed by atoms with van der Waals surface area (Å²) in [6.45, 7) is 1.11. The van der Waals surface area contributed by atoms with Crippen LogP contribution in [-0.2, 0) is 4.79 Å². The van der Waals surface area contributed by atoms with E-state index in [2.05, 4.69) is 12.6 Å². The SMILES string of the molecule is C[C@](S)(N[C@@H](c1ccc(F)cc1)C(F)(F)F)C(N)=O. The first-order valence-corrected chi connectivity index (χ1v) is 5.61. The zero-order valence-corrected chi connectivity index (χ0v) is 10.7. The quantitative estimate of drug-likeness (QED) is 0.453. The summed E-state index contributed by atoms with van der Waals surface area (Å²) in [5.41, 5.74) is 4.72. The predicted octanol–water partition coefficient (Wildman–Crippen LogP) is 2.15. The summed E-state index contributed by atoms with van der Waals surface area (Å²) in [5.74, 6) is -1.71. The Kier molecular flexibility index (Phi) is 4.46. The van der Waals surface area contributed by atoms with Crippen molar-refractivity contribution in [2.45, 2.75) is 24.0 Å². The zero-order valence-electron chi connectivity index (χ0n) is 9.83. The van der Waals surface area contributed by atoms with Gasteiger partial charge in [0.1, 0.15) is 16.7 Å². The van der Waals surface area contributed by atoms with Crippen molar-refractivity contribution in [3.8, 4) is 0 Å². The number of benzene rings is 1. The number of amides is 1. The second-order valence-corrected chi connectivity index (χ2v) is 5.00. The maximum absolute atomic E-state index is 13.0. The highest BCUT2D eigenvalue weighted by Crippen LogP contribution is 2.34. The number of hydrogen-bond acceptors (Lipinski definition) is 3. The third-order valence-electron chi connectivity index (χ3n) is 2.44. The smallest absolute Gasteiger partial charge is 0.367 e. The Morgan fingerprint density at radius 1 is 1.32 bits per heavy atom. The molecule has 0 aromatic heterocycles. The molecule has 1 aromatic rings. The molecule has 1 aromatic carbocycles. The van der Waals surface area contributed by atoms with Gasteiger partial charge in [-0.2, -0.15) is 13.2 Å². The molecule has 1 amide bonds. The van der Waals surface area contributed by atoms with E-state index < -0.39 is 28.8 Å². The van der Waals surface area contributed by atoms with Gasteiger partial charge in [0.05, 0.1) is 0 Å². The van der Waals surface area contributed by atoms with Gasteiger partial charge < -0.3 is 5.73 Å². The predicted molar refractivity (Wildman–Crippen MR) is 64.9 cm³/mol. The van der Waals surface area contributed by atoms with E-state index in [1.807, 2.05) is 5.32 Å². The molecule has 0 aliphatic rings. The average molecular weight is 296 g/mol. The van der Waals surface area contributed by atoms with Crippen LogP contribution >= 0.6 is 12.6 Å². The molecule has 3 nitrogen and oxygen atoms in total. The van der Waals surface area contributed by atoms with E-state index in [4.69, 9.17) is 5.73 Å². The Morgan fingerprint density at radius 2 is 1.79 bits per heavy atom. The number of thiol groups is 1. The van der Waals surface area contributed by atoms with Crippen molar-refractivity contribution < 1.29 is 22.4 Å². The van der Waals surface area contributed by atoms with Gasteiger partial charge in [-0.1, -0.05) is 12.1 Å². The molecule has 0 aliphatic carbocycles. The van der Waals surface area contributed by atoms with Gasteiger partial charge in [-0.05, 0) is 24.6 Å². The van der Waals surface area contributed by atoms with Gasteiger partial charge in [0.15, 0.2) is 0 Å². The molecule has 1 rings (SSSR count). The molecule has 0 heterocycles. The number of nitrogens with two attached hydrogens (primary N) is 1. The van der Waals surface area contributed by atoms with Crippen LogP contribution in [0, 0.1) is 5.82 Å². The summed E-state index contributed by atoms with van der Waals surface area (Å²) in [5, 5.41) is 2.01. The fourth-order valence-electron chi connectivity index (χ4n) is 1.36. The number of primary amides is 1. The highest BCUT2D eigenvalue weighted by molar-refractivity contribution is 7.82. The van der Waals surface area contributed by atoms with Crippen LogP contribution in [0.15, 0.2) is 24.3 Å². The molecule has 0 saturated heterocycles. The molecular formula is C11H12F4N2OS. The molecular weight excluding hydrogens is 284 g/mol. The van der Waals surface area contributed by atoms with Gasteiger partial charge in [-0.15, -0.1) is 12.6 Å². The van der Waals surface area contributed by atoms with Crippen LogP contribution < -0.4 is 11.1 Å². The normalized spacial score (nSPS) is 16.7. The van der Waals surface area contributed by atoms with Crippen molar-refractivity contribution in [1.82, 2.24) is 5.32 Å². The van der Waals surface area contributed by atoms with E-state index in [0.717, 1.165) is 31.2 Å². The van der Waals surface area contributed by atoms with Gasteiger partial charge in [-0.3, -0.25) is 10.1 Å². The maximum atomic E-state index is 13.0. The fourth-order valence-corrected chi connectivity index (χ4v) is 1.49. The van der Waals surface area contributed by atoms with Gasteiger partial charge in [0, 0.05) is 0 Å². The van der Waals surface area contributed by atoms with E-state index in [-0.39, 0.29) is 5.56 Å². The van der Waals surface area contributed by atoms with Crippen molar-refractivity contribution >= 4 is 18.5 Å². The number of carbonyl (C=O) groups is 1. The molecule has 0 aliphatic heterocycles. The van der Waals surface area contributed by atoms with Crippen molar-refractivity contribution in [3.05, 3.63) is 35.6 Å². The highest BCUT2D eigenvalue weighted by atomic mass is 32.1. The average Bonchev–Trinajstić information content (AvgIpc) is 2.26. The van der Waals surface area contributed by atoms with Gasteiger partial charge in [0.2, 0.25) is 5.91 Å². The Bertz CT molecular complexity index is 459. The lowest BCUT2D eigenvalue weighted by atomic mass is 10.1. The van der Waals surface area contributed by atoms with E-state index >= 15 is 0 Å². The molecule has 0 bridgehead atoms. The van der Waals surface area contributed by atoms with E-state index in [1.165, 1.54) is 0 Å². The minimum Gasteiger partial charge on any atom is -0.367 e. The third-order valence-corrected chi connectivity index (χ3v) is 2.79. The number of hydrogen-bond donors (Lipinski definition) is 3. The summed E-state index contributed by atoms with van der Waals surface area (Å²) in [4.78, 5) is 9.17. The summed E-state index contributed by atoms with van der Waals surface area (Å²) < 4.78 is 51.6. The summed E-state index contributed by atoms with van der Waals surface area (Å²) in [6, 6.07) is 1.57. The molecule has 0 unspecified atom stereocenters. The van der Waals surface area contributed by atoms with Crippen LogP contribution in [0.1, 0.15) is 18.5 Å². The minimum absolute atomic E-state index is 0.240. The number of carbonyl (C=O) groups excluding carboxylic acids is 1. The molecule has 8 heteroatoms. The first-order chi connectivity index (χ1) is 8.54. The second-order valence-electron chi connectivity index (χ2n) is 4.11. The second kappa shape index (κ2) is 5.38. The third kappa shape index (κ3) is 4.10. The lowest BCUT2D eigenvalue weighted by Gasteiger charge is -2.30. The van der Waals surface area contributed by atoms with Gasteiger partial charge >= 0.3 is 6.18 Å². The van der Waals surface area contributed by atoms with Gasteiger partial charge in [0.25, 0.3) is 0 Å². The minimum atomic E-state index is -4.68. The molecule has 0 spiro atoms. The number of nitrogens with one attached hydrogen (secondary N) is 1. The topological polar surface area (TPSA) is 55.1 Å². The molecule has 0 fully saturated rings. The van der Waals surface area contributed by atoms with E-state index in [9.17, 15) is 22.4 Å². The zero-order chi connectivity index (χ0) is 14.8. The van der Waals surface area contributed by atoms with Crippen LogP contribution in [-0.4, -0.2) is 17.0 Å². The first-order valence-electron chi connectivity index (χ1n) is 5.16. The monoisotopic (exact) mass is 296 g/mol. The standard InChI is InChI=1S/C11H12F4N2OS/c1-10(19,9(16)18)17-8(11(13,14)15)6-2-4-7(12)5-3-6/h2-5,8,17,19H,1H3,(H2,16,18)/t8-,10+/m0/s1. The van der Waals surface area contributed by atoms with E-state index in [1.54, 1.807) is 0 Å². The Morgan fingerprint density at radius 3 is 2.16 bits per heavy atom. The van der Waals surface area contributed by atoms with Crippen LogP contribution in [0.5, 0.6) is 0 Å². The Labute approximate surface area is 112 Å². The summed E-state index contributed by atoms with van der Waals surface area (Å²) in [7, 11) is 0. The molecule has 3 N–H and O–H groups in total. The molecule has 0 saturated carbocycles. The largest absolute Gasteiger partial charge is 0.407 e. The van der Waals surface area contributed by atoms with Crippen LogP contribution in [0.4, 0.5) is 17.6 Å². The lowest BCUT2D eigenvalue weighted by Crippen LogP contribution is -2.53. The van der Waals surface area contributed by atoms with E-state index in [0.29, 0.717) is 0 Å². The highest BCUT2D eigenvalue weighted by Gasteiger charge is 2.45. The Balaban J connectivity index is 3.10. The van der Waals surface area contributed by atoms with Crippen molar-refractivity contribution in [2.75, 3.05) is 0 Å². The maximum Gasteiger partial charge on any atom is 0.407 e. The number of alkyl halides is 3. The van der Waals surface area contributed by atoms with Crippen molar-refractivity contribution in [1.29, 1.82) is 0 Å². The van der Waals surface area contributed by atoms with Crippen LogP contribution in [0.3, 0.4) is 0 Å². The van der Waals surface area contributed by atoms with Crippen molar-refractivity contribution in [3.63, 3.8) is 0 Å². The molecule has 0 radical (unpaired) electrons. The summed E-state index contributed by atoms with van der Waals surface area (Å²) in [6.07, 6.45) is -4.68. The lowest BCUT2D eigenvalue weighted by molar-refractivity contribution is -0.161. The Hall–Kier alpha value is -1.28. The first kappa shape index (κ1) is 15.8. The number of rotatable bonds is 4. The van der Waals surface area contributed by atoms with Crippen LogP contribution in [0.2, 0.25) is 0 Å². The molecule has 106 valence electrons. The fraction of sp³-hybridized carbons (Fsp3) is 0.364. The van der Waals surface area contributed by atoms with Crippen molar-refractivity contribution in [2.24, 2.45) is 5.73 Å². The molecule has 19 heavy (non-hydrogen) atoms. The number of halogens is 4. The van der Waals surface area contributed by atoms with Gasteiger partial charge in [-0.25, -0.2) is 4.39 Å². The summed E-state index contributed by atoms with van der Waals surface area (Å²) >= 11 is 3.76.